The van der Waals surface area contributed by atoms with E-state index in [2.05, 4.69) is 15.9 Å². The van der Waals surface area contributed by atoms with Crippen LogP contribution in [0.3, 0.4) is 0 Å². The van der Waals surface area contributed by atoms with E-state index in [1.54, 1.807) is 0 Å². The number of nitrogens with zero attached hydrogens (tertiary/aromatic N) is 2. The molecule has 0 saturated carbocycles. The summed E-state index contributed by atoms with van der Waals surface area (Å²) in [5.74, 6) is 0. The normalized spacial score (nSPS) is 10.6. The van der Waals surface area contributed by atoms with E-state index in [1.807, 2.05) is 0 Å². The molecule has 1 aromatic heterocycles. The van der Waals surface area contributed by atoms with Crippen molar-refractivity contribution in [2.75, 3.05) is 19.8 Å². The van der Waals surface area contributed by atoms with E-state index in [9.17, 15) is 14.9 Å². The molecule has 0 saturated heterocycles. The Hall–Kier alpha value is -1.25. The third kappa shape index (κ3) is 3.37. The number of hydrogen-bond acceptors (Lipinski definition) is 5. The second-order valence-electron chi connectivity index (χ2n) is 3.54. The molecule has 0 spiro atoms. The van der Waals surface area contributed by atoms with Crippen LogP contribution in [0.1, 0.15) is 5.56 Å². The lowest BCUT2D eigenvalue weighted by Gasteiger charge is -2.08. The molecular formula is C10H13BrN2O5. The number of aromatic nitrogens is 1. The number of nitro groups is 1. The van der Waals surface area contributed by atoms with Gasteiger partial charge >= 0.3 is 0 Å². The minimum Gasteiger partial charge on any atom is -0.394 e. The molecular weight excluding hydrogens is 308 g/mol. The fourth-order valence-corrected chi connectivity index (χ4v) is 1.81. The van der Waals surface area contributed by atoms with Gasteiger partial charge in [-0.1, -0.05) is 0 Å². The van der Waals surface area contributed by atoms with Crippen molar-refractivity contribution in [3.05, 3.63) is 36.7 Å². The number of aliphatic hydroxyl groups is 1. The highest BCUT2D eigenvalue weighted by Gasteiger charge is 2.18. The number of halogens is 1. The van der Waals surface area contributed by atoms with Crippen LogP contribution in [0.15, 0.2) is 15.5 Å². The van der Waals surface area contributed by atoms with Gasteiger partial charge in [0.15, 0.2) is 0 Å². The van der Waals surface area contributed by atoms with E-state index >= 15 is 0 Å². The highest BCUT2D eigenvalue weighted by Crippen LogP contribution is 2.21. The maximum atomic E-state index is 11.8. The number of aliphatic hydroxyl groups excluding tert-OH is 1. The van der Waals surface area contributed by atoms with E-state index in [0.717, 1.165) is 0 Å². The molecule has 0 radical (unpaired) electrons. The largest absolute Gasteiger partial charge is 0.394 e. The highest BCUT2D eigenvalue weighted by molar-refractivity contribution is 9.10. The first kappa shape index (κ1) is 14.8. The summed E-state index contributed by atoms with van der Waals surface area (Å²) in [5.41, 5.74) is -0.160. The molecule has 0 aromatic carbocycles. The lowest BCUT2D eigenvalue weighted by molar-refractivity contribution is -0.386. The Morgan fingerprint density at radius 2 is 2.22 bits per heavy atom. The second kappa shape index (κ2) is 6.62. The summed E-state index contributed by atoms with van der Waals surface area (Å²) in [6, 6.07) is 0. The highest BCUT2D eigenvalue weighted by atomic mass is 79.9. The van der Waals surface area contributed by atoms with Gasteiger partial charge in [0.05, 0.1) is 35.4 Å². The Balaban J connectivity index is 2.98. The topological polar surface area (TPSA) is 94.6 Å². The van der Waals surface area contributed by atoms with Crippen molar-refractivity contribution in [3.8, 4) is 0 Å². The standard InChI is InChI=1S/C10H13BrN2O5/c1-7-8(13(16)17)6-12(10(15)9(7)11)2-4-18-5-3-14/h6,14H,2-5H2,1H3. The maximum Gasteiger partial charge on any atom is 0.289 e. The first-order valence-corrected chi connectivity index (χ1v) is 6.01. The van der Waals surface area contributed by atoms with Gasteiger partial charge in [0.1, 0.15) is 0 Å². The monoisotopic (exact) mass is 320 g/mol. The van der Waals surface area contributed by atoms with Crippen molar-refractivity contribution in [1.82, 2.24) is 4.57 Å². The zero-order valence-corrected chi connectivity index (χ0v) is 11.3. The average molecular weight is 321 g/mol. The van der Waals surface area contributed by atoms with Crippen LogP contribution in [0.25, 0.3) is 0 Å². The molecule has 1 aromatic rings. The van der Waals surface area contributed by atoms with Gasteiger partial charge < -0.3 is 14.4 Å². The van der Waals surface area contributed by atoms with Crippen LogP contribution in [0.5, 0.6) is 0 Å². The maximum absolute atomic E-state index is 11.8. The number of hydrogen-bond donors (Lipinski definition) is 1. The summed E-state index contributed by atoms with van der Waals surface area (Å²) >= 11 is 3.05. The van der Waals surface area contributed by atoms with Gasteiger partial charge in [-0.05, 0) is 22.9 Å². The average Bonchev–Trinajstić information content (AvgIpc) is 2.33. The number of rotatable bonds is 6. The molecule has 0 fully saturated rings. The molecule has 1 heterocycles. The van der Waals surface area contributed by atoms with Crippen LogP contribution in [0, 0.1) is 17.0 Å². The van der Waals surface area contributed by atoms with Gasteiger partial charge in [-0.15, -0.1) is 0 Å². The Bertz CT molecular complexity index is 500. The molecule has 18 heavy (non-hydrogen) atoms. The van der Waals surface area contributed by atoms with Gasteiger partial charge in [0, 0.05) is 12.1 Å². The Labute approximate surface area is 111 Å². The summed E-state index contributed by atoms with van der Waals surface area (Å²) in [6.45, 7) is 1.97. The van der Waals surface area contributed by atoms with Gasteiger partial charge in [-0.3, -0.25) is 14.9 Å². The smallest absolute Gasteiger partial charge is 0.289 e. The third-order valence-electron chi connectivity index (χ3n) is 2.35. The van der Waals surface area contributed by atoms with Crippen molar-refractivity contribution in [2.24, 2.45) is 0 Å². The third-order valence-corrected chi connectivity index (χ3v) is 3.28. The minimum absolute atomic E-state index is 0.105. The molecule has 8 heteroatoms. The van der Waals surface area contributed by atoms with E-state index in [-0.39, 0.29) is 42.1 Å². The quantitative estimate of drug-likeness (QED) is 0.476. The van der Waals surface area contributed by atoms with Crippen LogP contribution >= 0.6 is 15.9 Å². The second-order valence-corrected chi connectivity index (χ2v) is 4.34. The Morgan fingerprint density at radius 1 is 1.56 bits per heavy atom. The van der Waals surface area contributed by atoms with Gasteiger partial charge in [-0.25, -0.2) is 0 Å². The number of pyridine rings is 1. The summed E-state index contributed by atoms with van der Waals surface area (Å²) in [5, 5.41) is 19.3. The summed E-state index contributed by atoms with van der Waals surface area (Å²) in [7, 11) is 0. The molecule has 1 N–H and O–H groups in total. The molecule has 0 amide bonds. The van der Waals surface area contributed by atoms with E-state index in [0.29, 0.717) is 5.56 Å². The van der Waals surface area contributed by atoms with Crippen LogP contribution in [0.4, 0.5) is 5.69 Å². The van der Waals surface area contributed by atoms with Crippen molar-refractivity contribution < 1.29 is 14.8 Å². The summed E-state index contributed by atoms with van der Waals surface area (Å²) in [4.78, 5) is 22.1. The van der Waals surface area contributed by atoms with Gasteiger partial charge in [0.2, 0.25) is 0 Å². The van der Waals surface area contributed by atoms with Gasteiger partial charge in [-0.2, -0.15) is 0 Å². The fourth-order valence-electron chi connectivity index (χ4n) is 1.38. The van der Waals surface area contributed by atoms with E-state index in [1.165, 1.54) is 17.7 Å². The first-order chi connectivity index (χ1) is 8.49. The predicted octanol–water partition coefficient (Wildman–Crippen LogP) is 0.836. The first-order valence-electron chi connectivity index (χ1n) is 5.21. The summed E-state index contributed by atoms with van der Waals surface area (Å²) in [6.07, 6.45) is 1.20. The van der Waals surface area contributed by atoms with Crippen molar-refractivity contribution in [3.63, 3.8) is 0 Å². The predicted molar refractivity (Wildman–Crippen MR) is 67.7 cm³/mol. The summed E-state index contributed by atoms with van der Waals surface area (Å²) < 4.78 is 6.41. The molecule has 0 bridgehead atoms. The molecule has 7 nitrogen and oxygen atoms in total. The lowest BCUT2D eigenvalue weighted by Crippen LogP contribution is -2.24. The lowest BCUT2D eigenvalue weighted by atomic mass is 10.2. The van der Waals surface area contributed by atoms with Crippen LogP contribution in [0.2, 0.25) is 0 Å². The van der Waals surface area contributed by atoms with Gasteiger partial charge in [0.25, 0.3) is 11.2 Å². The molecule has 0 aliphatic rings. The molecule has 1 rings (SSSR count). The van der Waals surface area contributed by atoms with Crippen molar-refractivity contribution in [1.29, 1.82) is 0 Å². The Kier molecular flexibility index (Phi) is 5.45. The SMILES string of the molecule is Cc1c([N+](=O)[O-])cn(CCOCCO)c(=O)c1Br. The van der Waals surface area contributed by atoms with E-state index in [4.69, 9.17) is 9.84 Å². The fraction of sp³-hybridized carbons (Fsp3) is 0.500. The van der Waals surface area contributed by atoms with Crippen molar-refractivity contribution >= 4 is 21.6 Å². The molecule has 100 valence electrons. The zero-order valence-electron chi connectivity index (χ0n) is 9.76. The van der Waals surface area contributed by atoms with Crippen molar-refractivity contribution in [2.45, 2.75) is 13.5 Å². The molecule has 0 aliphatic carbocycles. The molecule has 0 unspecified atom stereocenters. The molecule has 0 atom stereocenters. The number of ether oxygens (including phenoxy) is 1. The van der Waals surface area contributed by atoms with Crippen LogP contribution < -0.4 is 5.56 Å². The van der Waals surface area contributed by atoms with E-state index < -0.39 is 4.92 Å². The Morgan fingerprint density at radius 3 is 2.78 bits per heavy atom. The van der Waals surface area contributed by atoms with Crippen LogP contribution in [-0.4, -0.2) is 34.4 Å². The van der Waals surface area contributed by atoms with Crippen LogP contribution in [-0.2, 0) is 11.3 Å². The minimum atomic E-state index is -0.537. The molecule has 0 aliphatic heterocycles. The zero-order chi connectivity index (χ0) is 13.7.